The number of aromatic nitrogens is 2. The van der Waals surface area contributed by atoms with Crippen molar-refractivity contribution in [1.29, 1.82) is 0 Å². The molecule has 9 heteroatoms. The van der Waals surface area contributed by atoms with Gasteiger partial charge in [-0.05, 0) is 76.0 Å². The number of likely N-dealkylation sites (tertiary alicyclic amines) is 1. The molecule has 0 spiro atoms. The third kappa shape index (κ3) is 5.24. The fraction of sp³-hybridized carbons (Fsp3) is 0.333. The number of aryl methyl sites for hydroxylation is 1. The summed E-state index contributed by atoms with van der Waals surface area (Å²) in [5, 5.41) is 3.67. The molecule has 2 aromatic heterocycles. The fourth-order valence-electron chi connectivity index (χ4n) is 5.57. The minimum Gasteiger partial charge on any atom is -0.444 e. The molecule has 0 bridgehead atoms. The van der Waals surface area contributed by atoms with E-state index in [-0.39, 0.29) is 17.9 Å². The van der Waals surface area contributed by atoms with E-state index in [9.17, 15) is 9.59 Å². The number of rotatable bonds is 6. The van der Waals surface area contributed by atoms with Crippen LogP contribution in [0.1, 0.15) is 62.2 Å². The molecule has 0 saturated carbocycles. The highest BCUT2D eigenvalue weighted by Crippen LogP contribution is 2.35. The Morgan fingerprint density at radius 1 is 1.10 bits per heavy atom. The number of likely N-dealkylation sites (N-methyl/N-ethyl adjacent to an activating group) is 1. The van der Waals surface area contributed by atoms with Gasteiger partial charge in [-0.3, -0.25) is 14.9 Å². The van der Waals surface area contributed by atoms with Gasteiger partial charge in [0, 0.05) is 34.2 Å². The second-order valence-corrected chi connectivity index (χ2v) is 11.5. The van der Waals surface area contributed by atoms with Gasteiger partial charge in [0.15, 0.2) is 17.3 Å². The molecule has 0 radical (unpaired) electrons. The predicted octanol–water partition coefficient (Wildman–Crippen LogP) is 5.45. The highest BCUT2D eigenvalue weighted by Gasteiger charge is 2.31. The third-order valence-electron chi connectivity index (χ3n) is 7.76. The number of carbonyl (C=O) groups is 2. The average molecular weight is 542 g/mol. The van der Waals surface area contributed by atoms with E-state index in [2.05, 4.69) is 29.3 Å². The number of hydrogen-bond donors (Lipinski definition) is 1. The van der Waals surface area contributed by atoms with Crippen molar-refractivity contribution in [1.82, 2.24) is 19.8 Å². The summed E-state index contributed by atoms with van der Waals surface area (Å²) >= 11 is 1.58. The molecule has 3 heterocycles. The summed E-state index contributed by atoms with van der Waals surface area (Å²) in [4.78, 5) is 40.7. The molecule has 6 rings (SSSR count). The SMILES string of the molecule is CN(C)[C@H]1CCc2nc(NC(=O)c3cccc([C@H]4CCCN4C(=O)c4ccc(-c5cnco5)cc4)c3)sc2C1. The first-order chi connectivity index (χ1) is 19.0. The maximum Gasteiger partial charge on any atom is 0.257 e. The van der Waals surface area contributed by atoms with E-state index in [1.165, 1.54) is 11.3 Å². The van der Waals surface area contributed by atoms with E-state index in [0.717, 1.165) is 48.9 Å². The molecule has 0 unspecified atom stereocenters. The molecule has 2 aromatic carbocycles. The highest BCUT2D eigenvalue weighted by molar-refractivity contribution is 7.15. The van der Waals surface area contributed by atoms with Crippen molar-refractivity contribution in [2.24, 2.45) is 0 Å². The standard InChI is InChI=1S/C30H31N5O3S/c1-34(2)23-12-13-24-27(16-23)39-30(32-24)33-28(36)22-6-3-5-21(15-22)25-7-4-14-35(25)29(37)20-10-8-19(9-11-20)26-17-31-18-38-26/h3,5-6,8-11,15,17-18,23,25H,4,7,12-14,16H2,1-2H3,(H,32,33,36)/t23-,25+/m0/s1. The Morgan fingerprint density at radius 3 is 2.72 bits per heavy atom. The summed E-state index contributed by atoms with van der Waals surface area (Å²) in [7, 11) is 4.23. The van der Waals surface area contributed by atoms with E-state index >= 15 is 0 Å². The topological polar surface area (TPSA) is 91.6 Å². The van der Waals surface area contributed by atoms with E-state index in [1.54, 1.807) is 17.5 Å². The maximum atomic E-state index is 13.5. The fourth-order valence-corrected chi connectivity index (χ4v) is 6.64. The number of nitrogens with zero attached hydrogens (tertiary/aromatic N) is 4. The van der Waals surface area contributed by atoms with Crippen molar-refractivity contribution in [2.45, 2.75) is 44.2 Å². The molecular weight excluding hydrogens is 510 g/mol. The smallest absolute Gasteiger partial charge is 0.257 e. The Labute approximate surface area is 231 Å². The Kier molecular flexibility index (Phi) is 7.01. The summed E-state index contributed by atoms with van der Waals surface area (Å²) in [6.07, 6.45) is 7.82. The lowest BCUT2D eigenvalue weighted by Gasteiger charge is -2.27. The van der Waals surface area contributed by atoms with E-state index in [1.807, 2.05) is 53.4 Å². The minimum atomic E-state index is -0.175. The Morgan fingerprint density at radius 2 is 1.95 bits per heavy atom. The van der Waals surface area contributed by atoms with E-state index in [0.29, 0.717) is 34.6 Å². The van der Waals surface area contributed by atoms with Crippen LogP contribution in [-0.2, 0) is 12.8 Å². The van der Waals surface area contributed by atoms with Crippen molar-refractivity contribution >= 4 is 28.3 Å². The lowest BCUT2D eigenvalue weighted by molar-refractivity contribution is 0.0735. The van der Waals surface area contributed by atoms with Gasteiger partial charge in [-0.15, -0.1) is 11.3 Å². The van der Waals surface area contributed by atoms with E-state index < -0.39 is 0 Å². The van der Waals surface area contributed by atoms with Crippen LogP contribution in [0.25, 0.3) is 11.3 Å². The van der Waals surface area contributed by atoms with Crippen molar-refractivity contribution < 1.29 is 14.0 Å². The lowest BCUT2D eigenvalue weighted by atomic mass is 9.97. The van der Waals surface area contributed by atoms with Crippen LogP contribution in [0, 0.1) is 0 Å². The second-order valence-electron chi connectivity index (χ2n) is 10.4. The van der Waals surface area contributed by atoms with Gasteiger partial charge in [0.2, 0.25) is 0 Å². The lowest BCUT2D eigenvalue weighted by Crippen LogP contribution is -2.32. The van der Waals surface area contributed by atoms with Crippen LogP contribution in [0.4, 0.5) is 5.13 Å². The number of amides is 2. The summed E-state index contributed by atoms with van der Waals surface area (Å²) in [5.41, 5.74) is 4.15. The molecule has 1 aliphatic carbocycles. The Balaban J connectivity index is 1.15. The number of hydrogen-bond acceptors (Lipinski definition) is 7. The highest BCUT2D eigenvalue weighted by atomic mass is 32.1. The molecule has 1 aliphatic heterocycles. The number of thiazole rings is 1. The molecule has 4 aromatic rings. The molecule has 8 nitrogen and oxygen atoms in total. The van der Waals surface area contributed by atoms with Gasteiger partial charge in [0.25, 0.3) is 11.8 Å². The van der Waals surface area contributed by atoms with Crippen molar-refractivity contribution in [3.63, 3.8) is 0 Å². The normalized spacial score (nSPS) is 18.8. The van der Waals surface area contributed by atoms with Gasteiger partial charge < -0.3 is 14.2 Å². The molecule has 1 N–H and O–H groups in total. The number of anilines is 1. The summed E-state index contributed by atoms with van der Waals surface area (Å²) < 4.78 is 5.35. The summed E-state index contributed by atoms with van der Waals surface area (Å²) in [6, 6.07) is 15.5. The van der Waals surface area contributed by atoms with Crippen LogP contribution >= 0.6 is 11.3 Å². The van der Waals surface area contributed by atoms with Crippen LogP contribution in [0.15, 0.2) is 65.5 Å². The van der Waals surface area contributed by atoms with Gasteiger partial charge in [0.05, 0.1) is 17.9 Å². The molecule has 1 saturated heterocycles. The first-order valence-corrected chi connectivity index (χ1v) is 14.1. The molecule has 2 aliphatic rings. The molecule has 2 amide bonds. The van der Waals surface area contributed by atoms with Crippen molar-refractivity contribution in [2.75, 3.05) is 26.0 Å². The average Bonchev–Trinajstić information content (AvgIpc) is 3.73. The predicted molar refractivity (Wildman–Crippen MR) is 151 cm³/mol. The Bertz CT molecular complexity index is 1480. The first-order valence-electron chi connectivity index (χ1n) is 13.3. The zero-order chi connectivity index (χ0) is 26.9. The number of fused-ring (bicyclic) bond motifs is 1. The quantitative estimate of drug-likeness (QED) is 0.349. The third-order valence-corrected chi connectivity index (χ3v) is 8.80. The summed E-state index contributed by atoms with van der Waals surface area (Å²) in [5.74, 6) is 0.477. The number of nitrogens with one attached hydrogen (secondary N) is 1. The van der Waals surface area contributed by atoms with E-state index in [4.69, 9.17) is 9.40 Å². The number of benzene rings is 2. The van der Waals surface area contributed by atoms with Gasteiger partial charge in [0.1, 0.15) is 0 Å². The molecule has 1 fully saturated rings. The maximum absolute atomic E-state index is 13.5. The zero-order valence-electron chi connectivity index (χ0n) is 22.1. The number of oxazole rings is 1. The van der Waals surface area contributed by atoms with Gasteiger partial charge in [-0.25, -0.2) is 9.97 Å². The molecule has 200 valence electrons. The number of carbonyl (C=O) groups excluding carboxylic acids is 2. The van der Waals surface area contributed by atoms with Crippen molar-refractivity contribution in [3.8, 4) is 11.3 Å². The molecule has 2 atom stereocenters. The minimum absolute atomic E-state index is 0.0131. The van der Waals surface area contributed by atoms with Crippen LogP contribution in [0.3, 0.4) is 0 Å². The largest absolute Gasteiger partial charge is 0.444 e. The first kappa shape index (κ1) is 25.5. The van der Waals surface area contributed by atoms with Crippen LogP contribution in [-0.4, -0.2) is 58.3 Å². The summed E-state index contributed by atoms with van der Waals surface area (Å²) in [6.45, 7) is 0.683. The Hall–Kier alpha value is -3.82. The molecule has 39 heavy (non-hydrogen) atoms. The van der Waals surface area contributed by atoms with Gasteiger partial charge >= 0.3 is 0 Å². The van der Waals surface area contributed by atoms with Gasteiger partial charge in [-0.1, -0.05) is 24.3 Å². The molecular formula is C30H31N5O3S. The van der Waals surface area contributed by atoms with Crippen LogP contribution < -0.4 is 5.32 Å². The van der Waals surface area contributed by atoms with Crippen molar-refractivity contribution in [3.05, 3.63) is 88.4 Å². The van der Waals surface area contributed by atoms with Crippen LogP contribution in [0.2, 0.25) is 0 Å². The van der Waals surface area contributed by atoms with Crippen LogP contribution in [0.5, 0.6) is 0 Å². The van der Waals surface area contributed by atoms with Gasteiger partial charge in [-0.2, -0.15) is 0 Å². The zero-order valence-corrected chi connectivity index (χ0v) is 22.9. The second kappa shape index (κ2) is 10.7. The monoisotopic (exact) mass is 541 g/mol.